The van der Waals surface area contributed by atoms with Crippen molar-refractivity contribution < 1.29 is 32.5 Å². The van der Waals surface area contributed by atoms with Crippen LogP contribution in [0.25, 0.3) is 11.1 Å². The molecule has 0 saturated heterocycles. The Morgan fingerprint density at radius 3 is 2.08 bits per heavy atom. The van der Waals surface area contributed by atoms with Gasteiger partial charge >= 0.3 is 5.97 Å². The molecular formula is C40H42N2O7S. The molecule has 0 fully saturated rings. The molecule has 5 aromatic carbocycles. The van der Waals surface area contributed by atoms with Gasteiger partial charge in [-0.05, 0) is 89.2 Å². The predicted octanol–water partition coefficient (Wildman–Crippen LogP) is 6.98. The monoisotopic (exact) mass is 694 g/mol. The number of sulfonamides is 1. The van der Waals surface area contributed by atoms with Crippen LogP contribution in [0.4, 0.5) is 5.69 Å². The van der Waals surface area contributed by atoms with Crippen LogP contribution < -0.4 is 19.5 Å². The first-order valence-electron chi connectivity index (χ1n) is 16.3. The summed E-state index contributed by atoms with van der Waals surface area (Å²) in [4.78, 5) is 12.5. The third-order valence-corrected chi connectivity index (χ3v) is 8.55. The maximum Gasteiger partial charge on any atom is 0.338 e. The molecular weight excluding hydrogens is 653 g/mol. The Morgan fingerprint density at radius 1 is 0.760 bits per heavy atom. The van der Waals surface area contributed by atoms with Crippen molar-refractivity contribution in [3.05, 3.63) is 149 Å². The highest BCUT2D eigenvalue weighted by Crippen LogP contribution is 2.32. The molecule has 0 saturated carbocycles. The molecule has 0 bridgehead atoms. The summed E-state index contributed by atoms with van der Waals surface area (Å²) in [6.45, 7) is 5.58. The highest BCUT2D eigenvalue weighted by Gasteiger charge is 2.15. The Hall–Kier alpha value is -5.16. The standard InChI is InChI=1S/C40H42N2O7S/c1-28-23-39(29(2)22-35(28)32-14-16-33(17-15-32)40(44)49-27-31-12-8-5-9-13-31)47-21-20-41-25-37(43)34-18-19-38(36(24-34)42-50(3,45)46)48-26-30-10-6-4-7-11-30/h4-19,22-24,37,41-43H,20-21,25-27H2,1-3H3/t37-/m0/s1. The number of aryl methyl sites for hydroxylation is 2. The molecule has 0 aromatic heterocycles. The van der Waals surface area contributed by atoms with Crippen molar-refractivity contribution in [1.29, 1.82) is 0 Å². The van der Waals surface area contributed by atoms with Gasteiger partial charge in [-0.15, -0.1) is 0 Å². The quantitative estimate of drug-likeness (QED) is 0.0747. The van der Waals surface area contributed by atoms with Gasteiger partial charge in [-0.3, -0.25) is 4.72 Å². The number of hydrogen-bond acceptors (Lipinski definition) is 8. The second-order valence-corrected chi connectivity index (χ2v) is 13.8. The average Bonchev–Trinajstić information content (AvgIpc) is 3.11. The van der Waals surface area contributed by atoms with Crippen molar-refractivity contribution >= 4 is 21.7 Å². The lowest BCUT2D eigenvalue weighted by atomic mass is 9.97. The van der Waals surface area contributed by atoms with Crippen LogP contribution >= 0.6 is 0 Å². The number of carbonyl (C=O) groups is 1. The van der Waals surface area contributed by atoms with E-state index in [1.54, 1.807) is 30.3 Å². The molecule has 50 heavy (non-hydrogen) atoms. The topological polar surface area (TPSA) is 123 Å². The summed E-state index contributed by atoms with van der Waals surface area (Å²) in [7, 11) is -3.58. The molecule has 0 spiro atoms. The van der Waals surface area contributed by atoms with E-state index in [-0.39, 0.29) is 31.4 Å². The third-order valence-electron chi connectivity index (χ3n) is 7.96. The van der Waals surface area contributed by atoms with Crippen molar-refractivity contribution in [2.45, 2.75) is 33.2 Å². The van der Waals surface area contributed by atoms with Crippen LogP contribution in [0.1, 0.15) is 44.3 Å². The fourth-order valence-electron chi connectivity index (χ4n) is 5.33. The number of hydrogen-bond donors (Lipinski definition) is 3. The Labute approximate surface area is 293 Å². The second kappa shape index (κ2) is 17.0. The summed E-state index contributed by atoms with van der Waals surface area (Å²) in [5, 5.41) is 14.1. The largest absolute Gasteiger partial charge is 0.492 e. The van der Waals surface area contributed by atoms with E-state index in [2.05, 4.69) is 16.1 Å². The maximum atomic E-state index is 12.5. The number of ether oxygens (including phenoxy) is 3. The second-order valence-electron chi connectivity index (χ2n) is 12.0. The molecule has 0 radical (unpaired) electrons. The van der Waals surface area contributed by atoms with Crippen molar-refractivity contribution in [2.75, 3.05) is 30.7 Å². The van der Waals surface area contributed by atoms with Gasteiger partial charge in [-0.25, -0.2) is 13.2 Å². The molecule has 10 heteroatoms. The van der Waals surface area contributed by atoms with Gasteiger partial charge in [0, 0.05) is 13.1 Å². The number of nitrogens with one attached hydrogen (secondary N) is 2. The number of anilines is 1. The molecule has 0 heterocycles. The van der Waals surface area contributed by atoms with E-state index in [4.69, 9.17) is 14.2 Å². The first-order valence-corrected chi connectivity index (χ1v) is 18.2. The van der Waals surface area contributed by atoms with E-state index < -0.39 is 16.1 Å². The molecule has 0 amide bonds. The van der Waals surface area contributed by atoms with Crippen LogP contribution in [0.3, 0.4) is 0 Å². The Bertz CT molecular complexity index is 1980. The Balaban J connectivity index is 1.11. The van der Waals surface area contributed by atoms with Gasteiger partial charge in [0.2, 0.25) is 10.0 Å². The number of esters is 1. The summed E-state index contributed by atoms with van der Waals surface area (Å²) >= 11 is 0. The van der Waals surface area contributed by atoms with Gasteiger partial charge in [0.15, 0.2) is 0 Å². The van der Waals surface area contributed by atoms with E-state index in [1.165, 1.54) is 0 Å². The summed E-state index contributed by atoms with van der Waals surface area (Å²) in [6, 6.07) is 35.6. The SMILES string of the molecule is Cc1cc(-c2ccc(C(=O)OCc3ccccc3)cc2)c(C)cc1OCCNC[C@H](O)c1ccc(OCc2ccccc2)c(NS(C)(=O)=O)c1. The van der Waals surface area contributed by atoms with Crippen molar-refractivity contribution in [2.24, 2.45) is 0 Å². The lowest BCUT2D eigenvalue weighted by molar-refractivity contribution is 0.0472. The van der Waals surface area contributed by atoms with Crippen molar-refractivity contribution in [1.82, 2.24) is 5.32 Å². The van der Waals surface area contributed by atoms with Crippen molar-refractivity contribution in [3.63, 3.8) is 0 Å². The Kier molecular flexibility index (Phi) is 12.3. The number of aliphatic hydroxyl groups is 1. The van der Waals surface area contributed by atoms with E-state index in [0.717, 1.165) is 45.4 Å². The van der Waals surface area contributed by atoms with Crippen LogP contribution in [-0.2, 0) is 28.0 Å². The molecule has 3 N–H and O–H groups in total. The minimum Gasteiger partial charge on any atom is -0.492 e. The summed E-state index contributed by atoms with van der Waals surface area (Å²) in [5.41, 5.74) is 7.20. The number of benzene rings is 5. The fourth-order valence-corrected chi connectivity index (χ4v) is 5.89. The zero-order valence-corrected chi connectivity index (χ0v) is 29.2. The van der Waals surface area contributed by atoms with Crippen LogP contribution in [0.5, 0.6) is 11.5 Å². The normalized spacial score (nSPS) is 11.8. The van der Waals surface area contributed by atoms with Gasteiger partial charge in [0.05, 0.1) is 23.6 Å². The number of rotatable bonds is 16. The van der Waals surface area contributed by atoms with E-state index in [1.807, 2.05) is 92.7 Å². The van der Waals surface area contributed by atoms with Gasteiger partial charge in [-0.1, -0.05) is 78.9 Å². The average molecular weight is 695 g/mol. The molecule has 9 nitrogen and oxygen atoms in total. The van der Waals surface area contributed by atoms with Crippen LogP contribution in [0.2, 0.25) is 0 Å². The van der Waals surface area contributed by atoms with Crippen LogP contribution in [0, 0.1) is 13.8 Å². The van der Waals surface area contributed by atoms with Crippen molar-refractivity contribution in [3.8, 4) is 22.6 Å². The number of carbonyl (C=O) groups excluding carboxylic acids is 1. The lowest BCUT2D eigenvalue weighted by Crippen LogP contribution is -2.26. The minimum atomic E-state index is -3.58. The highest BCUT2D eigenvalue weighted by molar-refractivity contribution is 7.92. The fraction of sp³-hybridized carbons (Fsp3) is 0.225. The lowest BCUT2D eigenvalue weighted by Gasteiger charge is -2.18. The van der Waals surface area contributed by atoms with Gasteiger partial charge < -0.3 is 24.6 Å². The van der Waals surface area contributed by atoms with E-state index >= 15 is 0 Å². The molecule has 0 aliphatic rings. The smallest absolute Gasteiger partial charge is 0.338 e. The Morgan fingerprint density at radius 2 is 1.42 bits per heavy atom. The summed E-state index contributed by atoms with van der Waals surface area (Å²) in [5.74, 6) is 0.760. The maximum absolute atomic E-state index is 12.5. The van der Waals surface area contributed by atoms with E-state index in [9.17, 15) is 18.3 Å². The van der Waals surface area contributed by atoms with Crippen LogP contribution in [0.15, 0.2) is 115 Å². The predicted molar refractivity (Wildman–Crippen MR) is 196 cm³/mol. The molecule has 5 aromatic rings. The van der Waals surface area contributed by atoms with Crippen LogP contribution in [-0.4, -0.2) is 45.4 Å². The highest BCUT2D eigenvalue weighted by atomic mass is 32.2. The summed E-state index contributed by atoms with van der Waals surface area (Å²) in [6.07, 6.45) is 0.180. The molecule has 0 aliphatic carbocycles. The summed E-state index contributed by atoms with van der Waals surface area (Å²) < 4.78 is 44.0. The molecule has 5 rings (SSSR count). The minimum absolute atomic E-state index is 0.225. The van der Waals surface area contributed by atoms with E-state index in [0.29, 0.717) is 30.0 Å². The molecule has 260 valence electrons. The molecule has 0 aliphatic heterocycles. The van der Waals surface area contributed by atoms with Gasteiger partial charge in [0.25, 0.3) is 0 Å². The first-order chi connectivity index (χ1) is 24.1. The first kappa shape index (κ1) is 36.1. The molecule has 0 unspecified atom stereocenters. The molecule has 1 atom stereocenters. The zero-order chi connectivity index (χ0) is 35.5. The third kappa shape index (κ3) is 10.4. The van der Waals surface area contributed by atoms with Gasteiger partial charge in [0.1, 0.15) is 31.3 Å². The number of aliphatic hydroxyl groups excluding tert-OH is 1. The van der Waals surface area contributed by atoms with Gasteiger partial charge in [-0.2, -0.15) is 0 Å². The zero-order valence-electron chi connectivity index (χ0n) is 28.4.